The highest BCUT2D eigenvalue weighted by Crippen LogP contribution is 2.30. The predicted molar refractivity (Wildman–Crippen MR) is 110 cm³/mol. The van der Waals surface area contributed by atoms with Crippen molar-refractivity contribution in [1.29, 1.82) is 0 Å². The van der Waals surface area contributed by atoms with Crippen molar-refractivity contribution < 1.29 is 0 Å². The summed E-state index contributed by atoms with van der Waals surface area (Å²) in [5, 5.41) is 2.69. The van der Waals surface area contributed by atoms with E-state index in [0.717, 1.165) is 19.0 Å². The minimum Gasteiger partial charge on any atom is -0.297 e. The van der Waals surface area contributed by atoms with Crippen LogP contribution in [0.2, 0.25) is 0 Å². The third-order valence-electron chi connectivity index (χ3n) is 6.23. The lowest BCUT2D eigenvalue weighted by Gasteiger charge is -2.36. The average molecular weight is 358 g/mol. The molecule has 3 heteroatoms. The van der Waals surface area contributed by atoms with E-state index in [9.17, 15) is 0 Å². The molecule has 2 bridgehead atoms. The van der Waals surface area contributed by atoms with Gasteiger partial charge in [-0.15, -0.1) is 0 Å². The molecule has 0 aliphatic carbocycles. The Morgan fingerprint density at radius 1 is 0.815 bits per heavy atom. The van der Waals surface area contributed by atoms with Crippen molar-refractivity contribution in [3.8, 4) is 0 Å². The maximum absolute atomic E-state index is 4.29. The standard InChI is InChI=1S/C24H27N3/c1-2-6-23-12-19(7-9-22(23)5-1)16-27-17-21-8-10-24(27)18-26(15-21)14-20-4-3-11-25-13-20/h1-7,9,11-13,21,24H,8,10,14-18H2/t21-,24+/m1/s1. The maximum atomic E-state index is 4.29. The van der Waals surface area contributed by atoms with Gasteiger partial charge in [0, 0.05) is 51.2 Å². The van der Waals surface area contributed by atoms with Gasteiger partial charge < -0.3 is 0 Å². The van der Waals surface area contributed by atoms with E-state index in [4.69, 9.17) is 0 Å². The number of hydrogen-bond donors (Lipinski definition) is 0. The van der Waals surface area contributed by atoms with Gasteiger partial charge in [-0.05, 0) is 52.8 Å². The van der Waals surface area contributed by atoms with E-state index in [1.165, 1.54) is 54.4 Å². The Kier molecular flexibility index (Phi) is 4.64. The van der Waals surface area contributed by atoms with Crippen molar-refractivity contribution in [2.45, 2.75) is 32.0 Å². The zero-order chi connectivity index (χ0) is 18.1. The van der Waals surface area contributed by atoms with Gasteiger partial charge in [0.1, 0.15) is 0 Å². The molecule has 2 aromatic carbocycles. The van der Waals surface area contributed by atoms with Crippen LogP contribution in [0, 0.1) is 5.92 Å². The van der Waals surface area contributed by atoms with Crippen molar-refractivity contribution in [2.75, 3.05) is 19.6 Å². The summed E-state index contributed by atoms with van der Waals surface area (Å²) in [6, 6.07) is 20.6. The van der Waals surface area contributed by atoms with E-state index in [1.807, 2.05) is 18.5 Å². The topological polar surface area (TPSA) is 19.4 Å². The molecule has 3 nitrogen and oxygen atoms in total. The Morgan fingerprint density at radius 2 is 1.74 bits per heavy atom. The fourth-order valence-corrected chi connectivity index (χ4v) is 4.92. The molecule has 3 fully saturated rings. The summed E-state index contributed by atoms with van der Waals surface area (Å²) in [6.07, 6.45) is 6.59. The summed E-state index contributed by atoms with van der Waals surface area (Å²) < 4.78 is 0. The van der Waals surface area contributed by atoms with Crippen molar-refractivity contribution in [3.05, 3.63) is 78.1 Å². The summed E-state index contributed by atoms with van der Waals surface area (Å²) in [7, 11) is 0. The number of hydrogen-bond acceptors (Lipinski definition) is 3. The largest absolute Gasteiger partial charge is 0.297 e. The molecular formula is C24H27N3. The molecule has 3 aliphatic rings. The first-order valence-corrected chi connectivity index (χ1v) is 10.2. The zero-order valence-electron chi connectivity index (χ0n) is 15.8. The first-order valence-electron chi connectivity index (χ1n) is 10.2. The number of rotatable bonds is 4. The second-order valence-electron chi connectivity index (χ2n) is 8.26. The van der Waals surface area contributed by atoms with E-state index in [0.29, 0.717) is 6.04 Å². The summed E-state index contributed by atoms with van der Waals surface area (Å²) in [4.78, 5) is 9.68. The molecule has 27 heavy (non-hydrogen) atoms. The van der Waals surface area contributed by atoms with Crippen LogP contribution in [0.1, 0.15) is 24.0 Å². The van der Waals surface area contributed by atoms with Crippen LogP contribution in [0.15, 0.2) is 67.0 Å². The first-order chi connectivity index (χ1) is 13.3. The Balaban J connectivity index is 1.31. The van der Waals surface area contributed by atoms with Crippen LogP contribution in [-0.4, -0.2) is 40.5 Å². The number of piperidine rings is 1. The van der Waals surface area contributed by atoms with Crippen LogP contribution >= 0.6 is 0 Å². The van der Waals surface area contributed by atoms with E-state index in [-0.39, 0.29) is 0 Å². The lowest BCUT2D eigenvalue weighted by atomic mass is 9.94. The fraction of sp³-hybridized carbons (Fsp3) is 0.375. The minimum atomic E-state index is 0.673. The molecular weight excluding hydrogens is 330 g/mol. The first kappa shape index (κ1) is 16.9. The minimum absolute atomic E-state index is 0.673. The summed E-state index contributed by atoms with van der Waals surface area (Å²) >= 11 is 0. The Morgan fingerprint density at radius 3 is 2.63 bits per heavy atom. The molecule has 1 aromatic heterocycles. The Bertz CT molecular complexity index is 908. The van der Waals surface area contributed by atoms with E-state index >= 15 is 0 Å². The molecule has 0 amide bonds. The van der Waals surface area contributed by atoms with Gasteiger partial charge >= 0.3 is 0 Å². The molecule has 6 rings (SSSR count). The van der Waals surface area contributed by atoms with Crippen molar-refractivity contribution in [1.82, 2.24) is 14.8 Å². The van der Waals surface area contributed by atoms with Crippen LogP contribution in [-0.2, 0) is 13.1 Å². The smallest absolute Gasteiger partial charge is 0.0312 e. The lowest BCUT2D eigenvalue weighted by Crippen LogP contribution is -2.43. The molecule has 3 saturated heterocycles. The summed E-state index contributed by atoms with van der Waals surface area (Å²) in [5.41, 5.74) is 2.78. The van der Waals surface area contributed by atoms with Crippen molar-refractivity contribution >= 4 is 10.8 Å². The molecule has 0 N–H and O–H groups in total. The second-order valence-corrected chi connectivity index (χ2v) is 8.26. The summed E-state index contributed by atoms with van der Waals surface area (Å²) in [5.74, 6) is 0.792. The zero-order valence-corrected chi connectivity index (χ0v) is 15.8. The molecule has 0 spiro atoms. The summed E-state index contributed by atoms with van der Waals surface area (Å²) in [6.45, 7) is 5.75. The van der Waals surface area contributed by atoms with Crippen molar-refractivity contribution in [3.63, 3.8) is 0 Å². The normalized spacial score (nSPS) is 23.6. The SMILES string of the molecule is c1cncc(CN2C[C@H]3CC[C@@H](C2)N(Cc2ccc4ccccc4c2)C3)c1. The highest BCUT2D eigenvalue weighted by Gasteiger charge is 2.34. The van der Waals surface area contributed by atoms with Crippen LogP contribution < -0.4 is 0 Å². The second kappa shape index (κ2) is 7.41. The highest BCUT2D eigenvalue weighted by atomic mass is 15.3. The number of aromatic nitrogens is 1. The van der Waals surface area contributed by atoms with Gasteiger partial charge in [-0.25, -0.2) is 0 Å². The van der Waals surface area contributed by atoms with E-state index < -0.39 is 0 Å². The lowest BCUT2D eigenvalue weighted by molar-refractivity contribution is 0.123. The van der Waals surface area contributed by atoms with Gasteiger partial charge in [-0.3, -0.25) is 14.8 Å². The number of nitrogens with zero attached hydrogens (tertiary/aromatic N) is 3. The number of fused-ring (bicyclic) bond motifs is 5. The van der Waals surface area contributed by atoms with Gasteiger partial charge in [-0.2, -0.15) is 0 Å². The fourth-order valence-electron chi connectivity index (χ4n) is 4.92. The van der Waals surface area contributed by atoms with Gasteiger partial charge in [0.25, 0.3) is 0 Å². The molecule has 3 aromatic rings. The third kappa shape index (κ3) is 3.76. The van der Waals surface area contributed by atoms with Gasteiger partial charge in [0.05, 0.1) is 0 Å². The van der Waals surface area contributed by atoms with E-state index in [2.05, 4.69) is 63.3 Å². The molecule has 3 aliphatic heterocycles. The van der Waals surface area contributed by atoms with Gasteiger partial charge in [0.15, 0.2) is 0 Å². The van der Waals surface area contributed by atoms with Crippen LogP contribution in [0.3, 0.4) is 0 Å². The third-order valence-corrected chi connectivity index (χ3v) is 6.23. The quantitative estimate of drug-likeness (QED) is 0.693. The monoisotopic (exact) mass is 357 g/mol. The van der Waals surface area contributed by atoms with Gasteiger partial charge in [-0.1, -0.05) is 42.5 Å². The Labute approximate surface area is 161 Å². The maximum Gasteiger partial charge on any atom is 0.0312 e. The number of benzene rings is 2. The Hall–Kier alpha value is -2.23. The predicted octanol–water partition coefficient (Wildman–Crippen LogP) is 4.33. The van der Waals surface area contributed by atoms with Crippen molar-refractivity contribution in [2.24, 2.45) is 5.92 Å². The molecule has 0 saturated carbocycles. The van der Waals surface area contributed by atoms with Crippen LogP contribution in [0.5, 0.6) is 0 Å². The highest BCUT2D eigenvalue weighted by molar-refractivity contribution is 5.82. The van der Waals surface area contributed by atoms with Gasteiger partial charge in [0.2, 0.25) is 0 Å². The molecule has 138 valence electrons. The van der Waals surface area contributed by atoms with Crippen LogP contribution in [0.4, 0.5) is 0 Å². The van der Waals surface area contributed by atoms with E-state index in [1.54, 1.807) is 0 Å². The van der Waals surface area contributed by atoms with Crippen LogP contribution in [0.25, 0.3) is 10.8 Å². The molecule has 4 heterocycles. The molecule has 0 radical (unpaired) electrons. The number of pyridine rings is 1. The molecule has 0 unspecified atom stereocenters. The average Bonchev–Trinajstić information content (AvgIpc) is 2.99. The molecule has 2 atom stereocenters.